The van der Waals surface area contributed by atoms with Gasteiger partial charge in [0.05, 0.1) is 7.11 Å². The van der Waals surface area contributed by atoms with Crippen molar-refractivity contribution in [1.82, 2.24) is 20.0 Å². The topological polar surface area (TPSA) is 67.7 Å². The summed E-state index contributed by atoms with van der Waals surface area (Å²) in [5.41, 5.74) is 0.994. The second kappa shape index (κ2) is 4.58. The van der Waals surface area contributed by atoms with Gasteiger partial charge in [0.25, 0.3) is 0 Å². The van der Waals surface area contributed by atoms with E-state index in [0.717, 1.165) is 10.7 Å². The molecule has 0 saturated carbocycles. The number of amides is 1. The lowest BCUT2D eigenvalue weighted by molar-refractivity contribution is -0.119. The lowest BCUT2D eigenvalue weighted by Gasteiger charge is -2.10. The largest absolute Gasteiger partial charge is 0.480 e. The average molecular weight is 266 g/mol. The van der Waals surface area contributed by atoms with Gasteiger partial charge in [0.2, 0.25) is 11.8 Å². The number of carbonyl (C=O) groups is 1. The first-order valence-electron chi connectivity index (χ1n) is 5.76. The van der Waals surface area contributed by atoms with Crippen LogP contribution in [0.15, 0.2) is 11.6 Å². The molecule has 1 aliphatic heterocycles. The second-order valence-corrected chi connectivity index (χ2v) is 5.08. The molecule has 7 heteroatoms. The normalized spacial score (nSPS) is 19.4. The third kappa shape index (κ3) is 1.95. The van der Waals surface area contributed by atoms with E-state index in [1.165, 1.54) is 0 Å². The number of fused-ring (bicyclic) bond motifs is 1. The first kappa shape index (κ1) is 11.5. The van der Waals surface area contributed by atoms with Gasteiger partial charge in [0.15, 0.2) is 4.96 Å². The molecule has 2 aromatic rings. The second-order valence-electron chi connectivity index (χ2n) is 4.21. The van der Waals surface area contributed by atoms with Gasteiger partial charge < -0.3 is 15.4 Å². The highest BCUT2D eigenvalue weighted by Gasteiger charge is 2.22. The van der Waals surface area contributed by atoms with Crippen molar-refractivity contribution in [3.8, 4) is 5.88 Å². The van der Waals surface area contributed by atoms with E-state index < -0.39 is 0 Å². The van der Waals surface area contributed by atoms with E-state index in [1.807, 2.05) is 16.0 Å². The van der Waals surface area contributed by atoms with Gasteiger partial charge in [-0.3, -0.25) is 9.20 Å². The summed E-state index contributed by atoms with van der Waals surface area (Å²) in [5.74, 6) is 0.750. The molecule has 1 fully saturated rings. The Morgan fingerprint density at radius 1 is 1.72 bits per heavy atom. The van der Waals surface area contributed by atoms with Crippen molar-refractivity contribution in [2.75, 3.05) is 13.7 Å². The molecule has 0 radical (unpaired) electrons. The molecule has 0 spiro atoms. The molecule has 96 valence electrons. The summed E-state index contributed by atoms with van der Waals surface area (Å²) in [6, 6.07) is 0.186. The minimum absolute atomic E-state index is 0.105. The fourth-order valence-corrected chi connectivity index (χ4v) is 2.85. The molecule has 3 rings (SSSR count). The van der Waals surface area contributed by atoms with Gasteiger partial charge in [0, 0.05) is 37.1 Å². The fourth-order valence-electron chi connectivity index (χ4n) is 2.13. The Kier molecular flexibility index (Phi) is 2.92. The maximum Gasteiger partial charge on any atom is 0.237 e. The number of nitrogens with zero attached hydrogens (tertiary/aromatic N) is 2. The van der Waals surface area contributed by atoms with E-state index in [9.17, 15) is 4.79 Å². The standard InChI is InChI=1S/C11H14N4O2S/c1-17-10-8(15-2-3-18-11(15)14-10)6-12-7-4-9(16)13-5-7/h2-3,7,12H,4-6H2,1H3,(H,13,16). The molecule has 2 aromatic heterocycles. The summed E-state index contributed by atoms with van der Waals surface area (Å²) in [7, 11) is 1.62. The van der Waals surface area contributed by atoms with Crippen LogP contribution in [-0.2, 0) is 11.3 Å². The number of ether oxygens (including phenoxy) is 1. The van der Waals surface area contributed by atoms with Crippen LogP contribution in [0.25, 0.3) is 4.96 Å². The molecule has 3 heterocycles. The van der Waals surface area contributed by atoms with Gasteiger partial charge in [-0.1, -0.05) is 0 Å². The van der Waals surface area contributed by atoms with Crippen molar-refractivity contribution < 1.29 is 9.53 Å². The molecule has 1 amide bonds. The predicted molar refractivity (Wildman–Crippen MR) is 67.9 cm³/mol. The lowest BCUT2D eigenvalue weighted by atomic mass is 10.2. The fraction of sp³-hybridized carbons (Fsp3) is 0.455. The number of methoxy groups -OCH3 is 1. The monoisotopic (exact) mass is 266 g/mol. The van der Waals surface area contributed by atoms with Crippen LogP contribution >= 0.6 is 11.3 Å². The molecule has 0 aromatic carbocycles. The van der Waals surface area contributed by atoms with Gasteiger partial charge in [-0.25, -0.2) is 0 Å². The Morgan fingerprint density at radius 2 is 2.61 bits per heavy atom. The van der Waals surface area contributed by atoms with E-state index >= 15 is 0 Å². The van der Waals surface area contributed by atoms with E-state index in [-0.39, 0.29) is 11.9 Å². The smallest absolute Gasteiger partial charge is 0.237 e. The molecule has 1 aliphatic rings. The van der Waals surface area contributed by atoms with Crippen LogP contribution in [0.4, 0.5) is 0 Å². The number of carbonyl (C=O) groups excluding carboxylic acids is 1. The highest BCUT2D eigenvalue weighted by atomic mass is 32.1. The highest BCUT2D eigenvalue weighted by Crippen LogP contribution is 2.23. The van der Waals surface area contributed by atoms with Gasteiger partial charge >= 0.3 is 0 Å². The van der Waals surface area contributed by atoms with Gasteiger partial charge in [-0.2, -0.15) is 4.98 Å². The lowest BCUT2D eigenvalue weighted by Crippen LogP contribution is -2.30. The molecular weight excluding hydrogens is 252 g/mol. The Bertz CT molecular complexity index is 577. The first-order chi connectivity index (χ1) is 8.78. The predicted octanol–water partition coefficient (Wildman–Crippen LogP) is 0.382. The summed E-state index contributed by atoms with van der Waals surface area (Å²) in [6.45, 7) is 1.33. The molecule has 0 bridgehead atoms. The summed E-state index contributed by atoms with van der Waals surface area (Å²) < 4.78 is 7.29. The molecule has 1 unspecified atom stereocenters. The Balaban J connectivity index is 1.76. The third-order valence-electron chi connectivity index (χ3n) is 3.05. The van der Waals surface area contributed by atoms with Crippen molar-refractivity contribution in [3.05, 3.63) is 17.3 Å². The Hall–Kier alpha value is -1.60. The summed E-state index contributed by atoms with van der Waals surface area (Å²) in [6.07, 6.45) is 2.51. The summed E-state index contributed by atoms with van der Waals surface area (Å²) in [4.78, 5) is 16.4. The van der Waals surface area contributed by atoms with Crippen LogP contribution in [0.5, 0.6) is 5.88 Å². The first-order valence-corrected chi connectivity index (χ1v) is 6.64. The zero-order chi connectivity index (χ0) is 12.5. The zero-order valence-electron chi connectivity index (χ0n) is 9.97. The van der Waals surface area contributed by atoms with Crippen molar-refractivity contribution >= 4 is 22.2 Å². The van der Waals surface area contributed by atoms with Crippen LogP contribution < -0.4 is 15.4 Å². The molecule has 1 atom stereocenters. The van der Waals surface area contributed by atoms with Crippen molar-refractivity contribution in [3.63, 3.8) is 0 Å². The SMILES string of the molecule is COc1nc2sccn2c1CNC1CNC(=O)C1. The zero-order valence-corrected chi connectivity index (χ0v) is 10.8. The highest BCUT2D eigenvalue weighted by molar-refractivity contribution is 7.15. The van der Waals surface area contributed by atoms with Crippen LogP contribution in [0.1, 0.15) is 12.1 Å². The van der Waals surface area contributed by atoms with Gasteiger partial charge in [-0.05, 0) is 0 Å². The number of imidazole rings is 1. The molecule has 0 aliphatic carbocycles. The summed E-state index contributed by atoms with van der Waals surface area (Å²) in [5, 5.41) is 8.15. The molecule has 6 nitrogen and oxygen atoms in total. The quantitative estimate of drug-likeness (QED) is 0.839. The summed E-state index contributed by atoms with van der Waals surface area (Å²) >= 11 is 1.57. The van der Waals surface area contributed by atoms with Crippen LogP contribution in [0.3, 0.4) is 0 Å². The maximum atomic E-state index is 11.1. The number of nitrogens with one attached hydrogen (secondary N) is 2. The Morgan fingerprint density at radius 3 is 3.33 bits per heavy atom. The minimum atomic E-state index is 0.105. The average Bonchev–Trinajstić information content (AvgIpc) is 3.02. The number of hydrogen-bond donors (Lipinski definition) is 2. The van der Waals surface area contributed by atoms with E-state index in [2.05, 4.69) is 15.6 Å². The van der Waals surface area contributed by atoms with Crippen LogP contribution in [-0.4, -0.2) is 35.0 Å². The number of hydrogen-bond acceptors (Lipinski definition) is 5. The minimum Gasteiger partial charge on any atom is -0.480 e. The molecule has 1 saturated heterocycles. The van der Waals surface area contributed by atoms with Crippen molar-refractivity contribution in [1.29, 1.82) is 0 Å². The number of thiazole rings is 1. The van der Waals surface area contributed by atoms with E-state index in [4.69, 9.17) is 4.74 Å². The van der Waals surface area contributed by atoms with E-state index in [0.29, 0.717) is 25.4 Å². The van der Waals surface area contributed by atoms with Crippen molar-refractivity contribution in [2.45, 2.75) is 19.0 Å². The van der Waals surface area contributed by atoms with Crippen LogP contribution in [0.2, 0.25) is 0 Å². The number of rotatable bonds is 4. The Labute approximate surface area is 108 Å². The molecule has 2 N–H and O–H groups in total. The van der Waals surface area contributed by atoms with Crippen molar-refractivity contribution in [2.24, 2.45) is 0 Å². The van der Waals surface area contributed by atoms with Crippen LogP contribution in [0, 0.1) is 0 Å². The molecular formula is C11H14N4O2S. The van der Waals surface area contributed by atoms with Gasteiger partial charge in [0.1, 0.15) is 5.69 Å². The third-order valence-corrected chi connectivity index (χ3v) is 3.81. The van der Waals surface area contributed by atoms with E-state index in [1.54, 1.807) is 18.4 Å². The number of aromatic nitrogens is 2. The maximum absolute atomic E-state index is 11.1. The molecule has 18 heavy (non-hydrogen) atoms. The van der Waals surface area contributed by atoms with Gasteiger partial charge in [-0.15, -0.1) is 11.3 Å².